The summed E-state index contributed by atoms with van der Waals surface area (Å²) in [5.41, 5.74) is 1.60. The van der Waals surface area contributed by atoms with Gasteiger partial charge in [-0.15, -0.1) is 5.10 Å². The molecule has 0 aliphatic carbocycles. The summed E-state index contributed by atoms with van der Waals surface area (Å²) in [6.07, 6.45) is 1.53. The molecule has 0 radical (unpaired) electrons. The first kappa shape index (κ1) is 17.8. The van der Waals surface area contributed by atoms with Gasteiger partial charge in [-0.1, -0.05) is 11.6 Å². The zero-order valence-corrected chi connectivity index (χ0v) is 15.1. The minimum Gasteiger partial charge on any atom is -0.495 e. The number of ether oxygens (including phenoxy) is 2. The average Bonchev–Trinajstić information content (AvgIpc) is 2.64. The van der Waals surface area contributed by atoms with Crippen molar-refractivity contribution >= 4 is 34.7 Å². The van der Waals surface area contributed by atoms with Crippen LogP contribution >= 0.6 is 11.6 Å². The first-order chi connectivity index (χ1) is 12.7. The monoisotopic (exact) mass is 371 g/mol. The Hall–Kier alpha value is -3.06. The quantitative estimate of drug-likeness (QED) is 0.636. The molecule has 134 valence electrons. The zero-order valence-electron chi connectivity index (χ0n) is 14.4. The van der Waals surface area contributed by atoms with E-state index in [1.54, 1.807) is 19.2 Å². The van der Waals surface area contributed by atoms with Gasteiger partial charge in [0, 0.05) is 11.4 Å². The third-order valence-corrected chi connectivity index (χ3v) is 3.70. The van der Waals surface area contributed by atoms with Gasteiger partial charge in [0.2, 0.25) is 5.95 Å². The van der Waals surface area contributed by atoms with Gasteiger partial charge in [0.1, 0.15) is 11.5 Å². The van der Waals surface area contributed by atoms with Crippen molar-refractivity contribution in [2.75, 3.05) is 24.4 Å². The van der Waals surface area contributed by atoms with Crippen LogP contribution < -0.4 is 20.1 Å². The highest BCUT2D eigenvalue weighted by molar-refractivity contribution is 6.32. The topological polar surface area (TPSA) is 81.2 Å². The highest BCUT2D eigenvalue weighted by Crippen LogP contribution is 2.28. The molecule has 2 aromatic carbocycles. The first-order valence-corrected chi connectivity index (χ1v) is 8.36. The van der Waals surface area contributed by atoms with Crippen molar-refractivity contribution in [3.05, 3.63) is 53.7 Å². The smallest absolute Gasteiger partial charge is 0.249 e. The van der Waals surface area contributed by atoms with E-state index in [0.717, 1.165) is 17.1 Å². The molecule has 3 aromatic rings. The fraction of sp³-hybridized carbons (Fsp3) is 0.167. The van der Waals surface area contributed by atoms with Crippen LogP contribution in [-0.2, 0) is 0 Å². The number of nitrogens with zero attached hydrogens (tertiary/aromatic N) is 3. The predicted octanol–water partition coefficient (Wildman–Crippen LogP) is 4.42. The fourth-order valence-corrected chi connectivity index (χ4v) is 2.50. The van der Waals surface area contributed by atoms with Crippen LogP contribution in [-0.4, -0.2) is 28.9 Å². The van der Waals surface area contributed by atoms with E-state index in [4.69, 9.17) is 21.1 Å². The van der Waals surface area contributed by atoms with Crippen LogP contribution in [0.25, 0.3) is 0 Å². The second-order valence-corrected chi connectivity index (χ2v) is 5.63. The number of methoxy groups -OCH3 is 1. The second kappa shape index (κ2) is 8.35. The lowest BCUT2D eigenvalue weighted by atomic mass is 10.3. The number of halogens is 1. The van der Waals surface area contributed by atoms with Gasteiger partial charge in [-0.2, -0.15) is 10.1 Å². The van der Waals surface area contributed by atoms with Gasteiger partial charge in [-0.05, 0) is 49.4 Å². The van der Waals surface area contributed by atoms with Crippen LogP contribution in [0.5, 0.6) is 11.5 Å². The van der Waals surface area contributed by atoms with Gasteiger partial charge >= 0.3 is 0 Å². The van der Waals surface area contributed by atoms with E-state index in [0.29, 0.717) is 29.1 Å². The minimum atomic E-state index is 0.374. The van der Waals surface area contributed by atoms with Gasteiger partial charge < -0.3 is 20.1 Å². The van der Waals surface area contributed by atoms with Crippen molar-refractivity contribution in [3.63, 3.8) is 0 Å². The molecule has 0 aliphatic heterocycles. The molecule has 0 spiro atoms. The number of rotatable bonds is 7. The largest absolute Gasteiger partial charge is 0.495 e. The van der Waals surface area contributed by atoms with Gasteiger partial charge in [-0.3, -0.25) is 0 Å². The molecule has 26 heavy (non-hydrogen) atoms. The van der Waals surface area contributed by atoms with Crippen LogP contribution in [0.2, 0.25) is 5.02 Å². The van der Waals surface area contributed by atoms with Crippen molar-refractivity contribution in [2.24, 2.45) is 0 Å². The average molecular weight is 372 g/mol. The first-order valence-electron chi connectivity index (χ1n) is 7.98. The molecule has 8 heteroatoms. The van der Waals surface area contributed by atoms with E-state index in [9.17, 15) is 0 Å². The fourth-order valence-electron chi connectivity index (χ4n) is 2.24. The SMILES string of the molecule is CCOc1ccc(Nc2nncc(Nc3ccc(OC)c(Cl)c3)n2)cc1. The van der Waals surface area contributed by atoms with Crippen molar-refractivity contribution in [2.45, 2.75) is 6.92 Å². The molecule has 2 N–H and O–H groups in total. The summed E-state index contributed by atoms with van der Waals surface area (Å²) < 4.78 is 10.6. The van der Waals surface area contributed by atoms with E-state index in [1.807, 2.05) is 37.3 Å². The summed E-state index contributed by atoms with van der Waals surface area (Å²) in [6, 6.07) is 12.9. The Kier molecular flexibility index (Phi) is 5.70. The lowest BCUT2D eigenvalue weighted by Gasteiger charge is -2.10. The standard InChI is InChI=1S/C18H18ClN5O2/c1-3-26-14-7-4-12(5-8-14)22-18-23-17(11-20-24-18)21-13-6-9-16(25-2)15(19)10-13/h4-11H,3H2,1-2H3,(H2,21,22,23,24). The summed E-state index contributed by atoms with van der Waals surface area (Å²) >= 11 is 6.13. The molecule has 0 unspecified atom stereocenters. The lowest BCUT2D eigenvalue weighted by molar-refractivity contribution is 0.340. The van der Waals surface area contributed by atoms with Crippen LogP contribution in [0, 0.1) is 0 Å². The molecule has 0 amide bonds. The molecular formula is C18H18ClN5O2. The van der Waals surface area contributed by atoms with Crippen LogP contribution in [0.15, 0.2) is 48.7 Å². The molecule has 7 nitrogen and oxygen atoms in total. The highest BCUT2D eigenvalue weighted by Gasteiger charge is 2.05. The maximum absolute atomic E-state index is 6.13. The van der Waals surface area contributed by atoms with Crippen LogP contribution in [0.1, 0.15) is 6.92 Å². The van der Waals surface area contributed by atoms with Crippen LogP contribution in [0.3, 0.4) is 0 Å². The number of benzene rings is 2. The molecule has 0 fully saturated rings. The Bertz CT molecular complexity index is 874. The molecule has 0 aliphatic rings. The number of anilines is 4. The Morgan fingerprint density at radius 3 is 2.50 bits per heavy atom. The maximum Gasteiger partial charge on any atom is 0.249 e. The number of nitrogens with one attached hydrogen (secondary N) is 2. The third kappa shape index (κ3) is 4.52. The summed E-state index contributed by atoms with van der Waals surface area (Å²) in [6.45, 7) is 2.57. The molecular weight excluding hydrogens is 354 g/mol. The molecule has 0 saturated heterocycles. The van der Waals surface area contributed by atoms with Gasteiger partial charge in [0.05, 0.1) is 24.9 Å². The van der Waals surface area contributed by atoms with Crippen molar-refractivity contribution in [3.8, 4) is 11.5 Å². The third-order valence-electron chi connectivity index (χ3n) is 3.40. The second-order valence-electron chi connectivity index (χ2n) is 5.22. The summed E-state index contributed by atoms with van der Waals surface area (Å²) in [4.78, 5) is 4.39. The normalized spacial score (nSPS) is 10.3. The summed E-state index contributed by atoms with van der Waals surface area (Å²) in [5.74, 6) is 2.33. The summed E-state index contributed by atoms with van der Waals surface area (Å²) in [5, 5.41) is 14.7. The summed E-state index contributed by atoms with van der Waals surface area (Å²) in [7, 11) is 1.57. The minimum absolute atomic E-state index is 0.374. The molecule has 0 saturated carbocycles. The zero-order chi connectivity index (χ0) is 18.4. The number of aromatic nitrogens is 3. The molecule has 0 atom stereocenters. The van der Waals surface area contributed by atoms with Crippen molar-refractivity contribution in [1.82, 2.24) is 15.2 Å². The molecule has 1 heterocycles. The number of hydrogen-bond acceptors (Lipinski definition) is 7. The predicted molar refractivity (Wildman–Crippen MR) is 102 cm³/mol. The molecule has 0 bridgehead atoms. The Morgan fingerprint density at radius 1 is 1.04 bits per heavy atom. The Balaban J connectivity index is 1.70. The van der Waals surface area contributed by atoms with E-state index >= 15 is 0 Å². The lowest BCUT2D eigenvalue weighted by Crippen LogP contribution is -2.02. The Labute approximate surface area is 156 Å². The number of hydrogen-bond donors (Lipinski definition) is 2. The van der Waals surface area contributed by atoms with E-state index in [1.165, 1.54) is 6.20 Å². The van der Waals surface area contributed by atoms with E-state index in [2.05, 4.69) is 25.8 Å². The molecule has 1 aromatic heterocycles. The Morgan fingerprint density at radius 2 is 1.81 bits per heavy atom. The van der Waals surface area contributed by atoms with Gasteiger partial charge in [0.15, 0.2) is 5.82 Å². The van der Waals surface area contributed by atoms with Gasteiger partial charge in [-0.25, -0.2) is 0 Å². The van der Waals surface area contributed by atoms with E-state index < -0.39 is 0 Å². The van der Waals surface area contributed by atoms with Crippen molar-refractivity contribution in [1.29, 1.82) is 0 Å². The highest BCUT2D eigenvalue weighted by atomic mass is 35.5. The van der Waals surface area contributed by atoms with Crippen LogP contribution in [0.4, 0.5) is 23.1 Å². The maximum atomic E-state index is 6.13. The van der Waals surface area contributed by atoms with E-state index in [-0.39, 0.29) is 0 Å². The van der Waals surface area contributed by atoms with Crippen molar-refractivity contribution < 1.29 is 9.47 Å². The molecule has 3 rings (SSSR count). The van der Waals surface area contributed by atoms with Gasteiger partial charge in [0.25, 0.3) is 0 Å².